The lowest BCUT2D eigenvalue weighted by atomic mass is 10.1. The summed E-state index contributed by atoms with van der Waals surface area (Å²) in [6.45, 7) is 0.626. The van der Waals surface area contributed by atoms with Crippen molar-refractivity contribution in [1.29, 1.82) is 0 Å². The van der Waals surface area contributed by atoms with Gasteiger partial charge in [0.25, 0.3) is 0 Å². The highest BCUT2D eigenvalue weighted by Crippen LogP contribution is 2.22. The fourth-order valence-corrected chi connectivity index (χ4v) is 2.39. The molecule has 0 saturated carbocycles. The van der Waals surface area contributed by atoms with Crippen LogP contribution in [-0.4, -0.2) is 4.98 Å². The van der Waals surface area contributed by atoms with E-state index >= 15 is 0 Å². The first-order valence-corrected chi connectivity index (χ1v) is 7.18. The third kappa shape index (κ3) is 3.31. The Morgan fingerprint density at radius 2 is 1.95 bits per heavy atom. The first kappa shape index (κ1) is 13.8. The highest BCUT2D eigenvalue weighted by Gasteiger charge is 2.02. The molecule has 0 spiro atoms. The van der Waals surface area contributed by atoms with Crippen molar-refractivity contribution >= 4 is 21.6 Å². The van der Waals surface area contributed by atoms with Crippen molar-refractivity contribution in [2.45, 2.75) is 6.54 Å². The molecule has 0 atom stereocenters. The van der Waals surface area contributed by atoms with E-state index in [1.807, 2.05) is 24.3 Å². The number of aromatic nitrogens is 1. The van der Waals surface area contributed by atoms with Crippen molar-refractivity contribution in [2.75, 3.05) is 5.32 Å². The third-order valence-corrected chi connectivity index (χ3v) is 3.69. The van der Waals surface area contributed by atoms with E-state index in [9.17, 15) is 4.39 Å². The van der Waals surface area contributed by atoms with E-state index in [-0.39, 0.29) is 5.82 Å². The van der Waals surface area contributed by atoms with Crippen LogP contribution in [0.25, 0.3) is 11.3 Å². The van der Waals surface area contributed by atoms with E-state index in [4.69, 9.17) is 4.42 Å². The van der Waals surface area contributed by atoms with Crippen LogP contribution in [0.4, 0.5) is 10.1 Å². The fourth-order valence-electron chi connectivity index (χ4n) is 1.96. The minimum atomic E-state index is -0.254. The Hall–Kier alpha value is -2.14. The van der Waals surface area contributed by atoms with E-state index in [0.717, 1.165) is 22.6 Å². The Bertz CT molecular complexity index is 727. The second kappa shape index (κ2) is 6.10. The Labute approximate surface area is 130 Å². The summed E-state index contributed by atoms with van der Waals surface area (Å²) in [5, 5.41) is 3.29. The molecule has 0 aliphatic rings. The van der Waals surface area contributed by atoms with Crippen LogP contribution in [0.5, 0.6) is 0 Å². The summed E-state index contributed by atoms with van der Waals surface area (Å²) < 4.78 is 18.9. The van der Waals surface area contributed by atoms with Gasteiger partial charge in [-0.05, 0) is 57.9 Å². The zero-order valence-electron chi connectivity index (χ0n) is 11.0. The lowest BCUT2D eigenvalue weighted by Crippen LogP contribution is -1.99. The summed E-state index contributed by atoms with van der Waals surface area (Å²) in [6.07, 6.45) is 3.09. The Morgan fingerprint density at radius 3 is 2.62 bits per heavy atom. The van der Waals surface area contributed by atoms with Crippen LogP contribution >= 0.6 is 15.9 Å². The van der Waals surface area contributed by atoms with Gasteiger partial charge in [0.05, 0.1) is 10.7 Å². The molecule has 0 aliphatic heterocycles. The second-order valence-corrected chi connectivity index (χ2v) is 5.40. The average molecular weight is 347 g/mol. The number of anilines is 1. The highest BCUT2D eigenvalue weighted by molar-refractivity contribution is 9.10. The smallest absolute Gasteiger partial charge is 0.181 e. The number of nitrogens with zero attached hydrogens (tertiary/aromatic N) is 1. The first-order valence-electron chi connectivity index (χ1n) is 6.39. The van der Waals surface area contributed by atoms with Crippen LogP contribution in [0.2, 0.25) is 0 Å². The van der Waals surface area contributed by atoms with Crippen LogP contribution in [-0.2, 0) is 6.54 Å². The molecule has 0 fully saturated rings. The van der Waals surface area contributed by atoms with Crippen molar-refractivity contribution in [3.63, 3.8) is 0 Å². The molecular weight excluding hydrogens is 335 g/mol. The van der Waals surface area contributed by atoms with Crippen molar-refractivity contribution in [3.05, 3.63) is 70.9 Å². The lowest BCUT2D eigenvalue weighted by Gasteiger charge is -2.08. The molecule has 5 heteroatoms. The molecular formula is C16H12BrFN2O. The Balaban J connectivity index is 1.66. The van der Waals surface area contributed by atoms with E-state index in [1.165, 1.54) is 12.5 Å². The van der Waals surface area contributed by atoms with Gasteiger partial charge in [0.1, 0.15) is 5.82 Å². The predicted octanol–water partition coefficient (Wildman–Crippen LogP) is 4.86. The van der Waals surface area contributed by atoms with Gasteiger partial charge >= 0.3 is 0 Å². The zero-order chi connectivity index (χ0) is 14.7. The molecule has 0 amide bonds. The summed E-state index contributed by atoms with van der Waals surface area (Å²) in [6, 6.07) is 12.8. The van der Waals surface area contributed by atoms with Gasteiger partial charge in [0, 0.05) is 17.8 Å². The van der Waals surface area contributed by atoms with Gasteiger partial charge in [-0.2, -0.15) is 0 Å². The molecule has 3 nitrogen and oxygen atoms in total. The maximum absolute atomic E-state index is 13.2. The number of hydrogen-bond donors (Lipinski definition) is 1. The lowest BCUT2D eigenvalue weighted by molar-refractivity contribution is 0.572. The van der Waals surface area contributed by atoms with Gasteiger partial charge in [-0.15, -0.1) is 0 Å². The van der Waals surface area contributed by atoms with Gasteiger partial charge in [0.15, 0.2) is 12.2 Å². The largest absolute Gasteiger partial charge is 0.444 e. The molecule has 3 rings (SSSR count). The zero-order valence-corrected chi connectivity index (χ0v) is 12.6. The third-order valence-electron chi connectivity index (χ3n) is 3.08. The molecule has 2 aromatic carbocycles. The number of nitrogens with one attached hydrogen (secondary N) is 1. The van der Waals surface area contributed by atoms with Gasteiger partial charge < -0.3 is 9.73 Å². The maximum atomic E-state index is 13.2. The fraction of sp³-hybridized carbons (Fsp3) is 0.0625. The molecule has 3 aromatic rings. The molecule has 21 heavy (non-hydrogen) atoms. The van der Waals surface area contributed by atoms with Gasteiger partial charge in [0.2, 0.25) is 0 Å². The average Bonchev–Trinajstić information content (AvgIpc) is 3.03. The van der Waals surface area contributed by atoms with Crippen LogP contribution in [0.1, 0.15) is 5.56 Å². The van der Waals surface area contributed by atoms with Gasteiger partial charge in [-0.1, -0.05) is 6.07 Å². The van der Waals surface area contributed by atoms with E-state index < -0.39 is 0 Å². The van der Waals surface area contributed by atoms with E-state index in [1.54, 1.807) is 18.3 Å². The minimum absolute atomic E-state index is 0.254. The van der Waals surface area contributed by atoms with Crippen molar-refractivity contribution in [2.24, 2.45) is 0 Å². The molecule has 1 N–H and O–H groups in total. The Morgan fingerprint density at radius 1 is 1.14 bits per heavy atom. The first-order chi connectivity index (χ1) is 10.2. The second-order valence-electron chi connectivity index (χ2n) is 4.55. The molecule has 0 radical (unpaired) electrons. The number of halogens is 2. The summed E-state index contributed by atoms with van der Waals surface area (Å²) in [5.41, 5.74) is 2.96. The maximum Gasteiger partial charge on any atom is 0.181 e. The molecule has 0 bridgehead atoms. The van der Waals surface area contributed by atoms with Crippen molar-refractivity contribution in [1.82, 2.24) is 4.98 Å². The number of benzene rings is 2. The molecule has 0 saturated heterocycles. The summed E-state index contributed by atoms with van der Waals surface area (Å²) in [7, 11) is 0. The monoisotopic (exact) mass is 346 g/mol. The Kier molecular flexibility index (Phi) is 4.01. The molecule has 1 aromatic heterocycles. The quantitative estimate of drug-likeness (QED) is 0.733. The van der Waals surface area contributed by atoms with Crippen LogP contribution in [0, 0.1) is 5.82 Å². The van der Waals surface area contributed by atoms with E-state index in [2.05, 4.69) is 26.2 Å². The van der Waals surface area contributed by atoms with Crippen molar-refractivity contribution in [3.8, 4) is 11.3 Å². The predicted molar refractivity (Wildman–Crippen MR) is 83.4 cm³/mol. The number of oxazole rings is 1. The minimum Gasteiger partial charge on any atom is -0.444 e. The normalized spacial score (nSPS) is 10.6. The number of rotatable bonds is 4. The summed E-state index contributed by atoms with van der Waals surface area (Å²) in [5.74, 6) is 0.485. The topological polar surface area (TPSA) is 38.1 Å². The summed E-state index contributed by atoms with van der Waals surface area (Å²) >= 11 is 3.18. The molecule has 0 aliphatic carbocycles. The van der Waals surface area contributed by atoms with Gasteiger partial charge in [-0.25, -0.2) is 9.37 Å². The molecule has 0 unspecified atom stereocenters. The van der Waals surface area contributed by atoms with Crippen LogP contribution in [0.15, 0.2) is 63.9 Å². The standard InChI is InChI=1S/C16H12BrFN2O/c17-14-7-11(1-6-15(14)18)8-20-13-4-2-12(3-5-13)16-9-19-10-21-16/h1-7,9-10,20H,8H2. The van der Waals surface area contributed by atoms with E-state index in [0.29, 0.717) is 11.0 Å². The number of hydrogen-bond acceptors (Lipinski definition) is 3. The molecule has 106 valence electrons. The highest BCUT2D eigenvalue weighted by atomic mass is 79.9. The van der Waals surface area contributed by atoms with Crippen LogP contribution < -0.4 is 5.32 Å². The van der Waals surface area contributed by atoms with Crippen LogP contribution in [0.3, 0.4) is 0 Å². The SMILES string of the molecule is Fc1ccc(CNc2ccc(-c3cnco3)cc2)cc1Br. The molecule has 1 heterocycles. The van der Waals surface area contributed by atoms with Crippen molar-refractivity contribution < 1.29 is 8.81 Å². The van der Waals surface area contributed by atoms with Gasteiger partial charge in [-0.3, -0.25) is 0 Å². The summed E-state index contributed by atoms with van der Waals surface area (Å²) in [4.78, 5) is 3.89.